The van der Waals surface area contributed by atoms with E-state index in [1.165, 1.54) is 11.1 Å². The van der Waals surface area contributed by atoms with Crippen LogP contribution < -0.4 is 0 Å². The summed E-state index contributed by atoms with van der Waals surface area (Å²) in [6, 6.07) is 20.8. The van der Waals surface area contributed by atoms with E-state index in [-0.39, 0.29) is 0 Å². The van der Waals surface area contributed by atoms with Gasteiger partial charge >= 0.3 is 5.97 Å². The van der Waals surface area contributed by atoms with E-state index < -0.39 is 11.7 Å². The molecule has 2 N–H and O–H groups in total. The molecule has 0 atom stereocenters. The van der Waals surface area contributed by atoms with E-state index in [1.54, 1.807) is 0 Å². The summed E-state index contributed by atoms with van der Waals surface area (Å²) in [5, 5.41) is 15.5. The normalized spacial score (nSPS) is 8.89. The molecule has 0 heterocycles. The van der Waals surface area contributed by atoms with Gasteiger partial charge in [-0.1, -0.05) is 60.7 Å². The van der Waals surface area contributed by atoms with E-state index in [0.717, 1.165) is 0 Å². The van der Waals surface area contributed by atoms with Gasteiger partial charge in [-0.3, -0.25) is 0 Å². The van der Waals surface area contributed by atoms with Gasteiger partial charge < -0.3 is 10.2 Å². The summed E-state index contributed by atoms with van der Waals surface area (Å²) in [5.74, 6) is -2.20. The number of hydrogen-bond donors (Lipinski definition) is 2. The number of aliphatic carboxylic acids is 1. The van der Waals surface area contributed by atoms with E-state index >= 15 is 0 Å². The van der Waals surface area contributed by atoms with E-state index in [1.807, 2.05) is 12.1 Å². The lowest BCUT2D eigenvalue weighted by Crippen LogP contribution is -1.95. The van der Waals surface area contributed by atoms with E-state index in [9.17, 15) is 4.79 Å². The number of carboxylic acids is 1. The number of carboxylic acid groups (broad SMARTS) is 1. The first-order valence-corrected chi connectivity index (χ1v) is 5.33. The predicted molar refractivity (Wildman–Crippen MR) is 71.3 cm³/mol. The Labute approximate surface area is 106 Å². The topological polar surface area (TPSA) is 57.5 Å². The third-order valence-corrected chi connectivity index (χ3v) is 2.13. The largest absolute Gasteiger partial charge is 0.502 e. The summed E-state index contributed by atoms with van der Waals surface area (Å²) in [6.07, 6.45) is 0. The zero-order valence-corrected chi connectivity index (χ0v) is 9.78. The number of benzene rings is 2. The van der Waals surface area contributed by atoms with Gasteiger partial charge in [0.1, 0.15) is 0 Å². The first kappa shape index (κ1) is 13.5. The van der Waals surface area contributed by atoms with Crippen molar-refractivity contribution in [2.75, 3.05) is 0 Å². The van der Waals surface area contributed by atoms with Gasteiger partial charge in [0.25, 0.3) is 0 Å². The molecule has 3 nitrogen and oxygen atoms in total. The van der Waals surface area contributed by atoms with E-state index in [0.29, 0.717) is 0 Å². The fourth-order valence-corrected chi connectivity index (χ4v) is 1.26. The van der Waals surface area contributed by atoms with Crippen molar-refractivity contribution in [3.05, 3.63) is 73.0 Å². The smallest absolute Gasteiger partial charge is 0.370 e. The van der Waals surface area contributed by atoms with Crippen molar-refractivity contribution in [2.24, 2.45) is 0 Å². The van der Waals surface area contributed by atoms with Gasteiger partial charge in [-0.25, -0.2) is 4.79 Å². The lowest BCUT2D eigenvalue weighted by atomic mass is 10.1. The summed E-state index contributed by atoms with van der Waals surface area (Å²) >= 11 is 0. The molecule has 0 bridgehead atoms. The van der Waals surface area contributed by atoms with Crippen LogP contribution in [0, 0.1) is 0 Å². The van der Waals surface area contributed by atoms with Crippen molar-refractivity contribution in [2.45, 2.75) is 0 Å². The SMILES string of the molecule is C=C(O)C(=O)O.c1ccc(-c2ccccc2)cc1. The van der Waals surface area contributed by atoms with Crippen LogP contribution in [0.15, 0.2) is 73.0 Å². The Balaban J connectivity index is 0.000000232. The molecular formula is C15H14O3. The Hall–Kier alpha value is -2.55. The Kier molecular flexibility index (Phi) is 5.19. The van der Waals surface area contributed by atoms with Crippen LogP contribution in [0.5, 0.6) is 0 Å². The minimum atomic E-state index is -1.38. The number of aliphatic hydroxyl groups excluding tert-OH is 1. The minimum Gasteiger partial charge on any atom is -0.502 e. The van der Waals surface area contributed by atoms with Gasteiger partial charge in [0.15, 0.2) is 5.76 Å². The maximum atomic E-state index is 9.35. The van der Waals surface area contributed by atoms with Gasteiger partial charge in [-0.05, 0) is 17.7 Å². The summed E-state index contributed by atoms with van der Waals surface area (Å²) in [5.41, 5.74) is 2.55. The molecule has 2 aromatic rings. The highest BCUT2D eigenvalue weighted by molar-refractivity contribution is 5.82. The lowest BCUT2D eigenvalue weighted by molar-refractivity contribution is -0.135. The molecule has 0 aliphatic carbocycles. The molecule has 0 radical (unpaired) electrons. The molecule has 0 spiro atoms. The average molecular weight is 242 g/mol. The van der Waals surface area contributed by atoms with Crippen molar-refractivity contribution in [1.82, 2.24) is 0 Å². The third kappa shape index (κ3) is 4.53. The molecule has 0 amide bonds. The second-order valence-electron chi connectivity index (χ2n) is 3.48. The van der Waals surface area contributed by atoms with Crippen molar-refractivity contribution in [3.63, 3.8) is 0 Å². The fraction of sp³-hybridized carbons (Fsp3) is 0. The predicted octanol–water partition coefficient (Wildman–Crippen LogP) is 3.50. The molecule has 0 aliphatic heterocycles. The molecule has 0 unspecified atom stereocenters. The second-order valence-corrected chi connectivity index (χ2v) is 3.48. The first-order chi connectivity index (χ1) is 8.61. The zero-order valence-electron chi connectivity index (χ0n) is 9.78. The van der Waals surface area contributed by atoms with Crippen LogP contribution in [0.2, 0.25) is 0 Å². The minimum absolute atomic E-state index is 0.824. The second kappa shape index (κ2) is 6.91. The van der Waals surface area contributed by atoms with Crippen LogP contribution in [0.1, 0.15) is 0 Å². The first-order valence-electron chi connectivity index (χ1n) is 5.33. The standard InChI is InChI=1S/C12H10.C3H4O3/c1-3-7-11(8-4-1)12-9-5-2-6-10-12;1-2(4)3(5)6/h1-10H;4H,1H2,(H,5,6). The van der Waals surface area contributed by atoms with Gasteiger partial charge in [0, 0.05) is 0 Å². The molecule has 0 aliphatic rings. The van der Waals surface area contributed by atoms with Crippen LogP contribution in [-0.2, 0) is 4.79 Å². The number of aliphatic hydroxyl groups is 1. The molecule has 2 aromatic carbocycles. The van der Waals surface area contributed by atoms with Crippen molar-refractivity contribution >= 4 is 5.97 Å². The number of carbonyl (C=O) groups is 1. The Morgan fingerprint density at radius 2 is 1.06 bits per heavy atom. The molecule has 2 rings (SSSR count). The lowest BCUT2D eigenvalue weighted by Gasteiger charge is -1.98. The molecule has 18 heavy (non-hydrogen) atoms. The number of hydrogen-bond acceptors (Lipinski definition) is 2. The van der Waals surface area contributed by atoms with Crippen LogP contribution in [0.3, 0.4) is 0 Å². The molecular weight excluding hydrogens is 228 g/mol. The monoisotopic (exact) mass is 242 g/mol. The van der Waals surface area contributed by atoms with Gasteiger partial charge in [-0.2, -0.15) is 0 Å². The van der Waals surface area contributed by atoms with E-state index in [2.05, 4.69) is 55.1 Å². The van der Waals surface area contributed by atoms with Crippen molar-refractivity contribution < 1.29 is 15.0 Å². The van der Waals surface area contributed by atoms with Gasteiger partial charge in [0.05, 0.1) is 0 Å². The van der Waals surface area contributed by atoms with Crippen molar-refractivity contribution in [3.8, 4) is 11.1 Å². The molecule has 0 saturated carbocycles. The molecule has 0 aromatic heterocycles. The average Bonchev–Trinajstić information content (AvgIpc) is 2.41. The summed E-state index contributed by atoms with van der Waals surface area (Å²) in [4.78, 5) is 9.35. The van der Waals surface area contributed by atoms with Crippen LogP contribution in [0.25, 0.3) is 11.1 Å². The number of rotatable bonds is 2. The highest BCUT2D eigenvalue weighted by Gasteiger charge is 1.94. The molecule has 3 heteroatoms. The molecule has 0 saturated heterocycles. The van der Waals surface area contributed by atoms with E-state index in [4.69, 9.17) is 10.2 Å². The fourth-order valence-electron chi connectivity index (χ4n) is 1.26. The van der Waals surface area contributed by atoms with Gasteiger partial charge in [-0.15, -0.1) is 0 Å². The summed E-state index contributed by atoms with van der Waals surface area (Å²) < 4.78 is 0. The van der Waals surface area contributed by atoms with Crippen LogP contribution in [-0.4, -0.2) is 16.2 Å². The summed E-state index contributed by atoms with van der Waals surface area (Å²) in [6.45, 7) is 2.71. The Morgan fingerprint density at radius 1 is 0.778 bits per heavy atom. The maximum Gasteiger partial charge on any atom is 0.370 e. The van der Waals surface area contributed by atoms with Crippen LogP contribution in [0.4, 0.5) is 0 Å². The third-order valence-electron chi connectivity index (χ3n) is 2.13. The highest BCUT2D eigenvalue weighted by Crippen LogP contribution is 2.17. The molecule has 92 valence electrons. The molecule has 0 fully saturated rings. The van der Waals surface area contributed by atoms with Gasteiger partial charge in [0.2, 0.25) is 0 Å². The van der Waals surface area contributed by atoms with Crippen molar-refractivity contribution in [1.29, 1.82) is 0 Å². The zero-order chi connectivity index (χ0) is 13.4. The maximum absolute atomic E-state index is 9.35. The van der Waals surface area contributed by atoms with Crippen LogP contribution >= 0.6 is 0 Å². The summed E-state index contributed by atoms with van der Waals surface area (Å²) in [7, 11) is 0. The quantitative estimate of drug-likeness (QED) is 0.626. The highest BCUT2D eigenvalue weighted by atomic mass is 16.4. The Bertz CT molecular complexity index is 454. The Morgan fingerprint density at radius 3 is 1.28 bits per heavy atom.